The maximum atomic E-state index is 12.1. The molecule has 1 aromatic carbocycles. The molecule has 1 saturated heterocycles. The van der Waals surface area contributed by atoms with Crippen molar-refractivity contribution in [2.24, 2.45) is 0 Å². The SMILES string of the molecule is CCC(C(=O)ON1C(=O)CCC1=O)c1ccccc1. The van der Waals surface area contributed by atoms with E-state index >= 15 is 0 Å². The van der Waals surface area contributed by atoms with Gasteiger partial charge in [0.1, 0.15) is 0 Å². The number of benzene rings is 1. The van der Waals surface area contributed by atoms with Crippen LogP contribution in [0.1, 0.15) is 37.7 Å². The van der Waals surface area contributed by atoms with Gasteiger partial charge in [0, 0.05) is 12.8 Å². The molecule has 1 aliphatic heterocycles. The Labute approximate surface area is 111 Å². The highest BCUT2D eigenvalue weighted by Gasteiger charge is 2.34. The van der Waals surface area contributed by atoms with Crippen molar-refractivity contribution < 1.29 is 19.2 Å². The third-order valence-electron chi connectivity index (χ3n) is 3.08. The summed E-state index contributed by atoms with van der Waals surface area (Å²) in [6.45, 7) is 1.85. The Morgan fingerprint density at radius 1 is 1.21 bits per heavy atom. The molecule has 0 saturated carbocycles. The highest BCUT2D eigenvalue weighted by Crippen LogP contribution is 2.23. The first-order chi connectivity index (χ1) is 9.13. The molecule has 1 aromatic rings. The van der Waals surface area contributed by atoms with Gasteiger partial charge in [0.25, 0.3) is 11.8 Å². The van der Waals surface area contributed by atoms with E-state index in [1.54, 1.807) is 0 Å². The summed E-state index contributed by atoms with van der Waals surface area (Å²) >= 11 is 0. The summed E-state index contributed by atoms with van der Waals surface area (Å²) in [4.78, 5) is 39.8. The fourth-order valence-corrected chi connectivity index (χ4v) is 2.04. The van der Waals surface area contributed by atoms with Crippen LogP contribution >= 0.6 is 0 Å². The van der Waals surface area contributed by atoms with Crippen LogP contribution in [0.5, 0.6) is 0 Å². The average Bonchev–Trinajstić information content (AvgIpc) is 2.73. The smallest absolute Gasteiger partial charge is 0.330 e. The van der Waals surface area contributed by atoms with Gasteiger partial charge in [-0.2, -0.15) is 0 Å². The Balaban J connectivity index is 2.10. The number of nitrogens with zero attached hydrogens (tertiary/aromatic N) is 1. The molecule has 19 heavy (non-hydrogen) atoms. The predicted octanol–water partition coefficient (Wildman–Crippen LogP) is 1.79. The number of imide groups is 1. The van der Waals surface area contributed by atoms with Gasteiger partial charge in [-0.3, -0.25) is 9.59 Å². The molecule has 5 nitrogen and oxygen atoms in total. The Bertz CT molecular complexity index is 481. The summed E-state index contributed by atoms with van der Waals surface area (Å²) < 4.78 is 0. The van der Waals surface area contributed by atoms with Crippen molar-refractivity contribution >= 4 is 17.8 Å². The van der Waals surface area contributed by atoms with E-state index in [4.69, 9.17) is 4.84 Å². The van der Waals surface area contributed by atoms with Crippen LogP contribution in [0.25, 0.3) is 0 Å². The molecular formula is C14H15NO4. The van der Waals surface area contributed by atoms with Gasteiger partial charge >= 0.3 is 5.97 Å². The minimum absolute atomic E-state index is 0.105. The van der Waals surface area contributed by atoms with Crippen molar-refractivity contribution in [2.75, 3.05) is 0 Å². The van der Waals surface area contributed by atoms with E-state index in [0.29, 0.717) is 11.5 Å². The fourth-order valence-electron chi connectivity index (χ4n) is 2.04. The quantitative estimate of drug-likeness (QED) is 0.775. The van der Waals surface area contributed by atoms with Gasteiger partial charge in [0.2, 0.25) is 0 Å². The first-order valence-corrected chi connectivity index (χ1v) is 6.26. The Morgan fingerprint density at radius 3 is 2.32 bits per heavy atom. The summed E-state index contributed by atoms with van der Waals surface area (Å²) in [5.41, 5.74) is 0.814. The molecular weight excluding hydrogens is 246 g/mol. The standard InChI is InChI=1S/C14H15NO4/c1-2-11(10-6-4-3-5-7-10)14(18)19-15-12(16)8-9-13(15)17/h3-7,11H,2,8-9H2,1H3. The number of hydrogen-bond acceptors (Lipinski definition) is 4. The van der Waals surface area contributed by atoms with E-state index in [1.165, 1.54) is 0 Å². The molecule has 5 heteroatoms. The Kier molecular flexibility index (Phi) is 3.94. The lowest BCUT2D eigenvalue weighted by Crippen LogP contribution is -2.34. The van der Waals surface area contributed by atoms with Gasteiger partial charge in [0.15, 0.2) is 0 Å². The molecule has 1 unspecified atom stereocenters. The normalized spacial score (nSPS) is 16.6. The molecule has 0 aromatic heterocycles. The highest BCUT2D eigenvalue weighted by atomic mass is 16.7. The van der Waals surface area contributed by atoms with E-state index in [9.17, 15) is 14.4 Å². The van der Waals surface area contributed by atoms with Crippen LogP contribution in [0.4, 0.5) is 0 Å². The monoisotopic (exact) mass is 261 g/mol. The molecule has 0 N–H and O–H groups in total. The van der Waals surface area contributed by atoms with Crippen LogP contribution < -0.4 is 0 Å². The van der Waals surface area contributed by atoms with Gasteiger partial charge in [-0.1, -0.05) is 37.3 Å². The van der Waals surface area contributed by atoms with E-state index in [-0.39, 0.29) is 12.8 Å². The zero-order chi connectivity index (χ0) is 13.8. The van der Waals surface area contributed by atoms with Crippen LogP contribution in [-0.2, 0) is 19.2 Å². The van der Waals surface area contributed by atoms with Crippen molar-refractivity contribution in [3.63, 3.8) is 0 Å². The molecule has 1 heterocycles. The van der Waals surface area contributed by atoms with Crippen LogP contribution in [0.15, 0.2) is 30.3 Å². The van der Waals surface area contributed by atoms with Crippen molar-refractivity contribution in [3.8, 4) is 0 Å². The lowest BCUT2D eigenvalue weighted by molar-refractivity contribution is -0.198. The molecule has 2 rings (SSSR count). The molecule has 1 fully saturated rings. The Hall–Kier alpha value is -2.17. The van der Waals surface area contributed by atoms with Gasteiger partial charge < -0.3 is 4.84 Å². The first-order valence-electron chi connectivity index (χ1n) is 6.26. The average molecular weight is 261 g/mol. The second-order valence-electron chi connectivity index (χ2n) is 4.36. The summed E-state index contributed by atoms with van der Waals surface area (Å²) in [5, 5.41) is 0.591. The van der Waals surface area contributed by atoms with Gasteiger partial charge in [0.05, 0.1) is 5.92 Å². The van der Waals surface area contributed by atoms with E-state index in [1.807, 2.05) is 37.3 Å². The van der Waals surface area contributed by atoms with E-state index < -0.39 is 23.7 Å². The van der Waals surface area contributed by atoms with Crippen LogP contribution in [-0.4, -0.2) is 22.8 Å². The Morgan fingerprint density at radius 2 is 1.79 bits per heavy atom. The predicted molar refractivity (Wildman–Crippen MR) is 66.7 cm³/mol. The van der Waals surface area contributed by atoms with Gasteiger partial charge in [-0.05, 0) is 12.0 Å². The van der Waals surface area contributed by atoms with Crippen LogP contribution in [0.2, 0.25) is 0 Å². The number of rotatable bonds is 4. The van der Waals surface area contributed by atoms with Crippen molar-refractivity contribution in [3.05, 3.63) is 35.9 Å². The molecule has 100 valence electrons. The number of carbonyl (C=O) groups excluding carboxylic acids is 3. The number of hydrogen-bond donors (Lipinski definition) is 0. The molecule has 1 atom stereocenters. The number of hydroxylamine groups is 2. The van der Waals surface area contributed by atoms with Crippen molar-refractivity contribution in [1.82, 2.24) is 5.06 Å². The molecule has 0 radical (unpaired) electrons. The third-order valence-corrected chi connectivity index (χ3v) is 3.08. The topological polar surface area (TPSA) is 63.7 Å². The van der Waals surface area contributed by atoms with Gasteiger partial charge in [-0.25, -0.2) is 4.79 Å². The fraction of sp³-hybridized carbons (Fsp3) is 0.357. The molecule has 0 aliphatic carbocycles. The second kappa shape index (κ2) is 5.65. The van der Waals surface area contributed by atoms with E-state index in [0.717, 1.165) is 5.56 Å². The molecule has 2 amide bonds. The van der Waals surface area contributed by atoms with Crippen LogP contribution in [0, 0.1) is 0 Å². The lowest BCUT2D eigenvalue weighted by atomic mass is 9.97. The maximum Gasteiger partial charge on any atom is 0.340 e. The summed E-state index contributed by atoms with van der Waals surface area (Å²) in [6.07, 6.45) is 0.752. The van der Waals surface area contributed by atoms with Crippen molar-refractivity contribution in [2.45, 2.75) is 32.1 Å². The minimum atomic E-state index is -0.572. The zero-order valence-electron chi connectivity index (χ0n) is 10.7. The molecule has 1 aliphatic rings. The summed E-state index contributed by atoms with van der Waals surface area (Å²) in [6, 6.07) is 9.16. The van der Waals surface area contributed by atoms with Gasteiger partial charge in [-0.15, -0.1) is 5.06 Å². The van der Waals surface area contributed by atoms with E-state index in [2.05, 4.69) is 0 Å². The number of carbonyl (C=O) groups is 3. The summed E-state index contributed by atoms with van der Waals surface area (Å²) in [5.74, 6) is -1.96. The second-order valence-corrected chi connectivity index (χ2v) is 4.36. The highest BCUT2D eigenvalue weighted by molar-refractivity contribution is 6.01. The number of amides is 2. The maximum absolute atomic E-state index is 12.1. The van der Waals surface area contributed by atoms with Crippen molar-refractivity contribution in [1.29, 1.82) is 0 Å². The molecule has 0 spiro atoms. The third kappa shape index (κ3) is 2.81. The summed E-state index contributed by atoms with van der Waals surface area (Å²) in [7, 11) is 0. The lowest BCUT2D eigenvalue weighted by Gasteiger charge is -2.18. The minimum Gasteiger partial charge on any atom is -0.330 e. The largest absolute Gasteiger partial charge is 0.340 e. The first kappa shape index (κ1) is 13.3. The zero-order valence-corrected chi connectivity index (χ0v) is 10.7. The van der Waals surface area contributed by atoms with Crippen LogP contribution in [0.3, 0.4) is 0 Å². The molecule has 0 bridgehead atoms.